The lowest BCUT2D eigenvalue weighted by atomic mass is 9.99. The number of nitrogens with one attached hydrogen (secondary N) is 2. The first-order chi connectivity index (χ1) is 10.7. The van der Waals surface area contributed by atoms with E-state index in [1.54, 1.807) is 6.20 Å². The lowest BCUT2D eigenvalue weighted by Gasteiger charge is -2.21. The first-order valence-corrected chi connectivity index (χ1v) is 7.84. The Bertz CT molecular complexity index is 654. The standard InChI is InChI=1S/C17H18ClN3O/c18-15-11-20-16(9-14(15)12-5-2-1-3-6-12)21-17(22)13-7-4-8-19-10-13/h1-3,5-6,9,11,13,19H,4,7-8,10H2,(H,20,21,22). The molecular formula is C17H18ClN3O. The number of carbonyl (C=O) groups excluding carboxylic acids is 1. The van der Waals surface area contributed by atoms with Gasteiger partial charge >= 0.3 is 0 Å². The fraction of sp³-hybridized carbons (Fsp3) is 0.294. The van der Waals surface area contributed by atoms with Crippen molar-refractivity contribution in [3.8, 4) is 11.1 Å². The van der Waals surface area contributed by atoms with Crippen LogP contribution in [-0.4, -0.2) is 24.0 Å². The van der Waals surface area contributed by atoms with Crippen LogP contribution >= 0.6 is 11.6 Å². The van der Waals surface area contributed by atoms with Crippen molar-refractivity contribution in [1.82, 2.24) is 10.3 Å². The smallest absolute Gasteiger partial charge is 0.229 e. The van der Waals surface area contributed by atoms with E-state index in [0.29, 0.717) is 10.8 Å². The first-order valence-electron chi connectivity index (χ1n) is 7.46. The van der Waals surface area contributed by atoms with E-state index in [0.717, 1.165) is 37.1 Å². The van der Waals surface area contributed by atoms with Crippen LogP contribution in [0.2, 0.25) is 5.02 Å². The molecule has 5 heteroatoms. The maximum atomic E-state index is 12.3. The van der Waals surface area contributed by atoms with Crippen molar-refractivity contribution in [2.24, 2.45) is 5.92 Å². The predicted molar refractivity (Wildman–Crippen MR) is 88.9 cm³/mol. The topological polar surface area (TPSA) is 54.0 Å². The molecule has 0 saturated carbocycles. The number of amides is 1. The average Bonchev–Trinajstić information content (AvgIpc) is 2.58. The summed E-state index contributed by atoms with van der Waals surface area (Å²) in [6, 6.07) is 11.7. The maximum Gasteiger partial charge on any atom is 0.229 e. The van der Waals surface area contributed by atoms with E-state index in [9.17, 15) is 4.79 Å². The molecule has 1 saturated heterocycles. The van der Waals surface area contributed by atoms with Gasteiger partial charge in [0.1, 0.15) is 5.82 Å². The second-order valence-electron chi connectivity index (χ2n) is 5.45. The molecule has 0 aliphatic carbocycles. The highest BCUT2D eigenvalue weighted by molar-refractivity contribution is 6.33. The Morgan fingerprint density at radius 2 is 2.14 bits per heavy atom. The van der Waals surface area contributed by atoms with Gasteiger partial charge in [-0.3, -0.25) is 4.79 Å². The molecule has 2 N–H and O–H groups in total. The Kier molecular flexibility index (Phi) is 4.71. The first kappa shape index (κ1) is 15.0. The third-order valence-electron chi connectivity index (χ3n) is 3.86. The van der Waals surface area contributed by atoms with E-state index in [4.69, 9.17) is 11.6 Å². The van der Waals surface area contributed by atoms with Crippen LogP contribution in [-0.2, 0) is 4.79 Å². The molecule has 4 nitrogen and oxygen atoms in total. The van der Waals surface area contributed by atoms with Gasteiger partial charge in [-0.2, -0.15) is 0 Å². The highest BCUT2D eigenvalue weighted by atomic mass is 35.5. The number of aromatic nitrogens is 1. The van der Waals surface area contributed by atoms with Crippen molar-refractivity contribution in [1.29, 1.82) is 0 Å². The van der Waals surface area contributed by atoms with Gasteiger partial charge in [0.2, 0.25) is 5.91 Å². The normalized spacial score (nSPS) is 18.0. The summed E-state index contributed by atoms with van der Waals surface area (Å²) in [5, 5.41) is 6.72. The Balaban J connectivity index is 1.79. The molecule has 1 aromatic carbocycles. The highest BCUT2D eigenvalue weighted by Crippen LogP contribution is 2.29. The Morgan fingerprint density at radius 1 is 1.32 bits per heavy atom. The van der Waals surface area contributed by atoms with Gasteiger partial charge in [0.05, 0.1) is 10.9 Å². The molecule has 0 radical (unpaired) electrons. The number of rotatable bonds is 3. The van der Waals surface area contributed by atoms with Gasteiger partial charge in [0.25, 0.3) is 0 Å². The van der Waals surface area contributed by atoms with Crippen LogP contribution in [0.15, 0.2) is 42.6 Å². The number of pyridine rings is 1. The number of carbonyl (C=O) groups is 1. The minimum Gasteiger partial charge on any atom is -0.316 e. The van der Waals surface area contributed by atoms with Crippen LogP contribution < -0.4 is 10.6 Å². The molecule has 2 heterocycles. The molecule has 1 amide bonds. The van der Waals surface area contributed by atoms with Crippen molar-refractivity contribution >= 4 is 23.3 Å². The average molecular weight is 316 g/mol. The van der Waals surface area contributed by atoms with Crippen molar-refractivity contribution in [2.45, 2.75) is 12.8 Å². The van der Waals surface area contributed by atoms with Crippen LogP contribution in [0.5, 0.6) is 0 Å². The van der Waals surface area contributed by atoms with Crippen LogP contribution in [0.25, 0.3) is 11.1 Å². The zero-order valence-corrected chi connectivity index (χ0v) is 12.9. The number of hydrogen-bond acceptors (Lipinski definition) is 3. The number of hydrogen-bond donors (Lipinski definition) is 2. The second-order valence-corrected chi connectivity index (χ2v) is 5.86. The van der Waals surface area contributed by atoms with E-state index in [1.807, 2.05) is 36.4 Å². The summed E-state index contributed by atoms with van der Waals surface area (Å²) in [4.78, 5) is 16.5. The molecule has 1 aromatic heterocycles. The lowest BCUT2D eigenvalue weighted by molar-refractivity contribution is -0.120. The van der Waals surface area contributed by atoms with E-state index in [2.05, 4.69) is 15.6 Å². The Morgan fingerprint density at radius 3 is 2.86 bits per heavy atom. The quantitative estimate of drug-likeness (QED) is 0.913. The summed E-state index contributed by atoms with van der Waals surface area (Å²) >= 11 is 6.23. The molecule has 0 spiro atoms. The second kappa shape index (κ2) is 6.90. The van der Waals surface area contributed by atoms with Gasteiger partial charge < -0.3 is 10.6 Å². The largest absolute Gasteiger partial charge is 0.316 e. The molecule has 3 rings (SSSR count). The van der Waals surface area contributed by atoms with E-state index < -0.39 is 0 Å². The third kappa shape index (κ3) is 3.46. The maximum absolute atomic E-state index is 12.3. The summed E-state index contributed by atoms with van der Waals surface area (Å²) in [6.45, 7) is 1.71. The minimum atomic E-state index is 0.00593. The molecule has 1 fully saturated rings. The Hall–Kier alpha value is -1.91. The highest BCUT2D eigenvalue weighted by Gasteiger charge is 2.21. The third-order valence-corrected chi connectivity index (χ3v) is 4.16. The molecule has 22 heavy (non-hydrogen) atoms. The van der Waals surface area contributed by atoms with Gasteiger partial charge in [-0.15, -0.1) is 0 Å². The van der Waals surface area contributed by atoms with Crippen molar-refractivity contribution in [3.05, 3.63) is 47.6 Å². The lowest BCUT2D eigenvalue weighted by Crippen LogP contribution is -2.37. The predicted octanol–water partition coefficient (Wildman–Crippen LogP) is 3.34. The monoisotopic (exact) mass is 315 g/mol. The van der Waals surface area contributed by atoms with Gasteiger partial charge in [-0.1, -0.05) is 41.9 Å². The van der Waals surface area contributed by atoms with E-state index >= 15 is 0 Å². The molecule has 114 valence electrons. The zero-order valence-electron chi connectivity index (χ0n) is 12.2. The summed E-state index contributed by atoms with van der Waals surface area (Å²) in [5.41, 5.74) is 1.87. The van der Waals surface area contributed by atoms with Crippen LogP contribution in [0.4, 0.5) is 5.82 Å². The van der Waals surface area contributed by atoms with Crippen molar-refractivity contribution in [3.63, 3.8) is 0 Å². The van der Waals surface area contributed by atoms with Crippen LogP contribution in [0, 0.1) is 5.92 Å². The van der Waals surface area contributed by atoms with Crippen molar-refractivity contribution in [2.75, 3.05) is 18.4 Å². The molecular weight excluding hydrogens is 298 g/mol. The molecule has 1 aliphatic rings. The number of piperidine rings is 1. The van der Waals surface area contributed by atoms with Crippen LogP contribution in [0.3, 0.4) is 0 Å². The molecule has 1 aliphatic heterocycles. The van der Waals surface area contributed by atoms with Crippen molar-refractivity contribution < 1.29 is 4.79 Å². The summed E-state index contributed by atoms with van der Waals surface area (Å²) in [6.07, 6.45) is 3.53. The minimum absolute atomic E-state index is 0.00593. The number of anilines is 1. The number of halogens is 1. The molecule has 0 bridgehead atoms. The van der Waals surface area contributed by atoms with Gasteiger partial charge in [0, 0.05) is 18.3 Å². The molecule has 1 unspecified atom stereocenters. The molecule has 2 aromatic rings. The summed E-state index contributed by atoms with van der Waals surface area (Å²) < 4.78 is 0. The fourth-order valence-corrected chi connectivity index (χ4v) is 2.86. The zero-order chi connectivity index (χ0) is 15.4. The summed E-state index contributed by atoms with van der Waals surface area (Å²) in [7, 11) is 0. The Labute approximate surface area is 134 Å². The van der Waals surface area contributed by atoms with Gasteiger partial charge in [-0.05, 0) is 31.0 Å². The van der Waals surface area contributed by atoms with E-state index in [-0.39, 0.29) is 11.8 Å². The van der Waals surface area contributed by atoms with Crippen LogP contribution in [0.1, 0.15) is 12.8 Å². The summed E-state index contributed by atoms with van der Waals surface area (Å²) in [5.74, 6) is 0.561. The fourth-order valence-electron chi connectivity index (χ4n) is 2.65. The van der Waals surface area contributed by atoms with E-state index in [1.165, 1.54) is 0 Å². The van der Waals surface area contributed by atoms with Gasteiger partial charge in [0.15, 0.2) is 0 Å². The number of nitrogens with zero attached hydrogens (tertiary/aromatic N) is 1. The van der Waals surface area contributed by atoms with Gasteiger partial charge in [-0.25, -0.2) is 4.98 Å². The SMILES string of the molecule is O=C(Nc1cc(-c2ccccc2)c(Cl)cn1)C1CCCNC1. The number of benzene rings is 1. The molecule has 1 atom stereocenters.